The Kier molecular flexibility index (Phi) is 6.48. The molecule has 0 atom stereocenters. The summed E-state index contributed by atoms with van der Waals surface area (Å²) in [7, 11) is 0. The lowest BCUT2D eigenvalue weighted by Crippen LogP contribution is -2.37. The standard InChI is InChI=1S/C21H24Cl2N6O2/c1-3-31-20-13(19(30)25-12-6-4-11(2)5-7-12)8-16-18(28-20)29-21(26-16)27-17-14(22)9-24-10-15(17)23/h8-12H,3-7H2,1-2H3,(H,25,30)(H2,24,26,27,28,29). The maximum absolute atomic E-state index is 13.0. The minimum Gasteiger partial charge on any atom is -0.477 e. The van der Waals surface area contributed by atoms with Crippen LogP contribution in [0.15, 0.2) is 18.5 Å². The first-order valence-corrected chi connectivity index (χ1v) is 11.1. The Morgan fingerprint density at radius 2 is 1.90 bits per heavy atom. The summed E-state index contributed by atoms with van der Waals surface area (Å²) in [6.45, 7) is 4.48. The highest BCUT2D eigenvalue weighted by Crippen LogP contribution is 2.32. The minimum atomic E-state index is -0.193. The molecule has 3 heterocycles. The Bertz CT molecular complexity index is 1070. The van der Waals surface area contributed by atoms with Gasteiger partial charge in [-0.1, -0.05) is 30.1 Å². The Morgan fingerprint density at radius 1 is 1.19 bits per heavy atom. The van der Waals surface area contributed by atoms with Gasteiger partial charge in [0.05, 0.1) is 27.9 Å². The molecule has 3 aromatic rings. The van der Waals surface area contributed by atoms with Gasteiger partial charge in [-0.05, 0) is 44.6 Å². The number of ether oxygens (including phenoxy) is 1. The summed E-state index contributed by atoms with van der Waals surface area (Å²) >= 11 is 12.3. The predicted octanol–water partition coefficient (Wildman–Crippen LogP) is 5.11. The van der Waals surface area contributed by atoms with Gasteiger partial charge in [0.1, 0.15) is 5.56 Å². The number of aromatic amines is 1. The van der Waals surface area contributed by atoms with Crippen LogP contribution in [0.1, 0.15) is 49.9 Å². The zero-order valence-electron chi connectivity index (χ0n) is 17.3. The molecule has 8 nitrogen and oxygen atoms in total. The second kappa shape index (κ2) is 9.28. The number of fused-ring (bicyclic) bond motifs is 1. The quantitative estimate of drug-likeness (QED) is 0.469. The zero-order chi connectivity index (χ0) is 22.0. The number of halogens is 2. The largest absolute Gasteiger partial charge is 0.477 e. The number of amides is 1. The van der Waals surface area contributed by atoms with E-state index >= 15 is 0 Å². The SMILES string of the molecule is CCOc1nc2nc(Nc3c(Cl)cncc3Cl)[nH]c2cc1C(=O)NC1CCC(C)CC1. The van der Waals surface area contributed by atoms with E-state index in [0.717, 1.165) is 25.7 Å². The second-order valence-corrected chi connectivity index (χ2v) is 8.58. The highest BCUT2D eigenvalue weighted by Gasteiger charge is 2.23. The summed E-state index contributed by atoms with van der Waals surface area (Å²) in [5.74, 6) is 1.17. The topological polar surface area (TPSA) is 105 Å². The molecule has 1 aliphatic carbocycles. The molecule has 164 valence electrons. The lowest BCUT2D eigenvalue weighted by Gasteiger charge is -2.27. The van der Waals surface area contributed by atoms with Crippen molar-refractivity contribution < 1.29 is 9.53 Å². The smallest absolute Gasteiger partial charge is 0.257 e. The summed E-state index contributed by atoms with van der Waals surface area (Å²) in [5, 5.41) is 6.90. The summed E-state index contributed by atoms with van der Waals surface area (Å²) in [6, 6.07) is 1.88. The van der Waals surface area contributed by atoms with Crippen molar-refractivity contribution in [3.8, 4) is 5.88 Å². The zero-order valence-corrected chi connectivity index (χ0v) is 18.8. The predicted molar refractivity (Wildman–Crippen MR) is 121 cm³/mol. The van der Waals surface area contributed by atoms with Gasteiger partial charge in [-0.3, -0.25) is 9.78 Å². The molecule has 10 heteroatoms. The van der Waals surface area contributed by atoms with Crippen molar-refractivity contribution in [2.75, 3.05) is 11.9 Å². The van der Waals surface area contributed by atoms with E-state index in [1.807, 2.05) is 6.92 Å². The van der Waals surface area contributed by atoms with E-state index in [1.165, 1.54) is 12.4 Å². The van der Waals surface area contributed by atoms with Crippen LogP contribution < -0.4 is 15.4 Å². The van der Waals surface area contributed by atoms with Crippen LogP contribution in [0.2, 0.25) is 10.0 Å². The summed E-state index contributed by atoms with van der Waals surface area (Å²) < 4.78 is 5.64. The van der Waals surface area contributed by atoms with Gasteiger partial charge in [-0.2, -0.15) is 9.97 Å². The maximum atomic E-state index is 13.0. The molecule has 0 aromatic carbocycles. The van der Waals surface area contributed by atoms with E-state index in [9.17, 15) is 4.79 Å². The molecule has 1 saturated carbocycles. The molecule has 1 aliphatic rings. The molecule has 0 saturated heterocycles. The van der Waals surface area contributed by atoms with Crippen LogP contribution in [0, 0.1) is 5.92 Å². The van der Waals surface area contributed by atoms with Crippen LogP contribution in [-0.2, 0) is 0 Å². The van der Waals surface area contributed by atoms with Gasteiger partial charge in [0.2, 0.25) is 11.8 Å². The van der Waals surface area contributed by atoms with Crippen molar-refractivity contribution in [3.63, 3.8) is 0 Å². The number of nitrogens with one attached hydrogen (secondary N) is 3. The third kappa shape index (κ3) is 4.85. The number of hydrogen-bond acceptors (Lipinski definition) is 6. The van der Waals surface area contributed by atoms with Crippen LogP contribution in [0.25, 0.3) is 11.2 Å². The van der Waals surface area contributed by atoms with Crippen LogP contribution in [0.3, 0.4) is 0 Å². The minimum absolute atomic E-state index is 0.170. The average Bonchev–Trinajstić information content (AvgIpc) is 3.13. The molecule has 4 rings (SSSR count). The van der Waals surface area contributed by atoms with Crippen molar-refractivity contribution >= 4 is 51.9 Å². The molecular weight excluding hydrogens is 439 g/mol. The fourth-order valence-corrected chi connectivity index (χ4v) is 4.17. The third-order valence-electron chi connectivity index (χ3n) is 5.41. The number of pyridine rings is 2. The molecule has 0 bridgehead atoms. The normalized spacial score (nSPS) is 18.7. The molecule has 31 heavy (non-hydrogen) atoms. The number of carbonyl (C=O) groups is 1. The van der Waals surface area contributed by atoms with Gasteiger partial charge in [0, 0.05) is 18.4 Å². The molecule has 1 amide bonds. The molecule has 0 spiro atoms. The summed E-state index contributed by atoms with van der Waals surface area (Å²) in [5.41, 5.74) is 1.86. The lowest BCUT2D eigenvalue weighted by atomic mass is 9.87. The summed E-state index contributed by atoms with van der Waals surface area (Å²) in [6.07, 6.45) is 7.18. The number of anilines is 2. The van der Waals surface area contributed by atoms with Crippen molar-refractivity contribution in [3.05, 3.63) is 34.1 Å². The average molecular weight is 463 g/mol. The number of aromatic nitrogens is 4. The highest BCUT2D eigenvalue weighted by molar-refractivity contribution is 6.39. The highest BCUT2D eigenvalue weighted by atomic mass is 35.5. The Morgan fingerprint density at radius 3 is 2.58 bits per heavy atom. The molecule has 0 aliphatic heterocycles. The number of rotatable bonds is 6. The lowest BCUT2D eigenvalue weighted by molar-refractivity contribution is 0.0918. The fourth-order valence-electron chi connectivity index (χ4n) is 3.71. The van der Waals surface area contributed by atoms with E-state index < -0.39 is 0 Å². The van der Waals surface area contributed by atoms with Gasteiger partial charge in [0.15, 0.2) is 5.65 Å². The Balaban J connectivity index is 1.61. The van der Waals surface area contributed by atoms with Crippen molar-refractivity contribution in [2.24, 2.45) is 5.92 Å². The van der Waals surface area contributed by atoms with Gasteiger partial charge >= 0.3 is 0 Å². The molecule has 0 unspecified atom stereocenters. The Labute approximate surface area is 190 Å². The van der Waals surface area contributed by atoms with Gasteiger partial charge in [-0.25, -0.2) is 0 Å². The van der Waals surface area contributed by atoms with Crippen molar-refractivity contribution in [1.29, 1.82) is 0 Å². The monoisotopic (exact) mass is 462 g/mol. The number of imidazole rings is 1. The number of H-pyrrole nitrogens is 1. The first kappa shape index (κ1) is 21.6. The van der Waals surface area contributed by atoms with Crippen LogP contribution >= 0.6 is 23.2 Å². The molecule has 3 N–H and O–H groups in total. The number of nitrogens with zero attached hydrogens (tertiary/aromatic N) is 3. The van der Waals surface area contributed by atoms with Crippen LogP contribution in [-0.4, -0.2) is 38.5 Å². The summed E-state index contributed by atoms with van der Waals surface area (Å²) in [4.78, 5) is 28.9. The first-order chi connectivity index (χ1) is 14.9. The molecule has 3 aromatic heterocycles. The molecule has 1 fully saturated rings. The number of carbonyl (C=O) groups excluding carboxylic acids is 1. The van der Waals surface area contributed by atoms with E-state index in [2.05, 4.69) is 37.5 Å². The second-order valence-electron chi connectivity index (χ2n) is 7.76. The maximum Gasteiger partial charge on any atom is 0.257 e. The Hall–Kier alpha value is -2.58. The van der Waals surface area contributed by atoms with Gasteiger partial charge in [0.25, 0.3) is 5.91 Å². The molecule has 0 radical (unpaired) electrons. The van der Waals surface area contributed by atoms with E-state index in [0.29, 0.717) is 50.9 Å². The van der Waals surface area contributed by atoms with Crippen molar-refractivity contribution in [2.45, 2.75) is 45.6 Å². The van der Waals surface area contributed by atoms with Crippen molar-refractivity contribution in [1.82, 2.24) is 25.3 Å². The van der Waals surface area contributed by atoms with E-state index in [4.69, 9.17) is 27.9 Å². The molecular formula is C21H24Cl2N6O2. The van der Waals surface area contributed by atoms with E-state index in [1.54, 1.807) is 6.07 Å². The third-order valence-corrected chi connectivity index (χ3v) is 5.98. The van der Waals surface area contributed by atoms with Crippen LogP contribution in [0.5, 0.6) is 5.88 Å². The van der Waals surface area contributed by atoms with Crippen LogP contribution in [0.4, 0.5) is 11.6 Å². The van der Waals surface area contributed by atoms with E-state index in [-0.39, 0.29) is 17.8 Å². The number of hydrogen-bond donors (Lipinski definition) is 3. The first-order valence-electron chi connectivity index (χ1n) is 10.3. The van der Waals surface area contributed by atoms with Gasteiger partial charge in [-0.15, -0.1) is 0 Å². The fraction of sp³-hybridized carbons (Fsp3) is 0.429. The van der Waals surface area contributed by atoms with Gasteiger partial charge < -0.3 is 20.4 Å².